The molecule has 0 radical (unpaired) electrons. The number of rotatable bonds is 5. The first-order valence-electron chi connectivity index (χ1n) is 10.9. The summed E-state index contributed by atoms with van der Waals surface area (Å²) in [5.74, 6) is 0. The zero-order chi connectivity index (χ0) is 24.4. The predicted octanol–water partition coefficient (Wildman–Crippen LogP) is 7.03. The van der Waals surface area contributed by atoms with Crippen LogP contribution in [-0.4, -0.2) is 13.0 Å². The van der Waals surface area contributed by atoms with E-state index in [1.54, 1.807) is 12.1 Å². The maximum Gasteiger partial charge on any atom is 0.285 e. The summed E-state index contributed by atoms with van der Waals surface area (Å²) in [6, 6.07) is 34.5. The normalized spacial score (nSPS) is 12.1. The van der Waals surface area contributed by atoms with E-state index in [1.165, 1.54) is 23.5 Å². The molecule has 0 bridgehead atoms. The summed E-state index contributed by atoms with van der Waals surface area (Å²) in [5, 5.41) is 0.471. The van der Waals surface area contributed by atoms with E-state index in [2.05, 4.69) is 40.8 Å². The van der Waals surface area contributed by atoms with Gasteiger partial charge in [0.1, 0.15) is 0 Å². The van der Waals surface area contributed by atoms with Crippen LogP contribution in [0.25, 0.3) is 32.8 Å². The molecule has 35 heavy (non-hydrogen) atoms. The van der Waals surface area contributed by atoms with Gasteiger partial charge in [0.15, 0.2) is 0 Å². The fraction of sp³-hybridized carbons (Fsp3) is 0.0357. The third-order valence-corrected chi connectivity index (χ3v) is 8.47. The standard InChI is InChI=1S/C28H21ClN2O2S2/c1-31-26(22-14-12-21(13-15-22)20-8-4-2-5-9-20)27(23-10-6-3-7-11-23)34-28(31)30-35(32,33)25-18-16-24(29)17-19-25/h2-19H,1H3. The Morgan fingerprint density at radius 1 is 0.686 bits per heavy atom. The van der Waals surface area contributed by atoms with Crippen LogP contribution >= 0.6 is 22.9 Å². The number of halogens is 1. The molecule has 0 atom stereocenters. The predicted molar refractivity (Wildman–Crippen MR) is 144 cm³/mol. The van der Waals surface area contributed by atoms with Gasteiger partial charge in [-0.15, -0.1) is 4.40 Å². The molecule has 0 amide bonds. The molecular formula is C28H21ClN2O2S2. The van der Waals surface area contributed by atoms with Gasteiger partial charge in [-0.1, -0.05) is 108 Å². The highest BCUT2D eigenvalue weighted by Crippen LogP contribution is 2.35. The molecule has 0 fully saturated rings. The summed E-state index contributed by atoms with van der Waals surface area (Å²) in [4.78, 5) is 1.44. The highest BCUT2D eigenvalue weighted by atomic mass is 35.5. The van der Waals surface area contributed by atoms with Crippen molar-refractivity contribution >= 4 is 33.0 Å². The molecule has 5 rings (SSSR count). The second-order valence-electron chi connectivity index (χ2n) is 7.95. The van der Waals surface area contributed by atoms with Crippen LogP contribution in [0, 0.1) is 0 Å². The van der Waals surface area contributed by atoms with Crippen molar-refractivity contribution in [3.8, 4) is 32.8 Å². The number of benzene rings is 4. The number of hydrogen-bond acceptors (Lipinski definition) is 3. The molecule has 0 saturated heterocycles. The molecule has 0 aliphatic carbocycles. The molecule has 7 heteroatoms. The van der Waals surface area contributed by atoms with E-state index in [-0.39, 0.29) is 4.90 Å². The Bertz CT molecular complexity index is 1640. The molecule has 0 unspecified atom stereocenters. The summed E-state index contributed by atoms with van der Waals surface area (Å²) in [5.41, 5.74) is 5.14. The van der Waals surface area contributed by atoms with Crippen LogP contribution in [0.15, 0.2) is 118 Å². The molecule has 4 aromatic carbocycles. The van der Waals surface area contributed by atoms with Gasteiger partial charge in [0.05, 0.1) is 15.5 Å². The first kappa shape index (κ1) is 23.3. The van der Waals surface area contributed by atoms with Crippen molar-refractivity contribution in [2.24, 2.45) is 11.4 Å². The molecule has 0 N–H and O–H groups in total. The first-order valence-corrected chi connectivity index (χ1v) is 13.5. The topological polar surface area (TPSA) is 51.4 Å². The van der Waals surface area contributed by atoms with Crippen molar-refractivity contribution < 1.29 is 8.42 Å². The Balaban J connectivity index is 1.66. The van der Waals surface area contributed by atoms with Crippen molar-refractivity contribution in [2.45, 2.75) is 4.90 Å². The van der Waals surface area contributed by atoms with E-state index in [4.69, 9.17) is 11.6 Å². The second-order valence-corrected chi connectivity index (χ2v) is 11.0. The Labute approximate surface area is 213 Å². The van der Waals surface area contributed by atoms with Gasteiger partial charge in [0.25, 0.3) is 10.0 Å². The third kappa shape index (κ3) is 4.86. The molecule has 5 aromatic rings. The van der Waals surface area contributed by atoms with Gasteiger partial charge in [0, 0.05) is 12.1 Å². The minimum atomic E-state index is -3.91. The van der Waals surface area contributed by atoms with Crippen LogP contribution in [-0.2, 0) is 17.1 Å². The third-order valence-electron chi connectivity index (χ3n) is 5.64. The monoisotopic (exact) mass is 516 g/mol. The maximum absolute atomic E-state index is 13.0. The number of thiazole rings is 1. The van der Waals surface area contributed by atoms with Crippen LogP contribution < -0.4 is 4.80 Å². The van der Waals surface area contributed by atoms with E-state index < -0.39 is 10.0 Å². The minimum absolute atomic E-state index is 0.102. The lowest BCUT2D eigenvalue weighted by molar-refractivity contribution is 0.596. The van der Waals surface area contributed by atoms with Crippen LogP contribution in [0.5, 0.6) is 0 Å². The zero-order valence-electron chi connectivity index (χ0n) is 18.8. The largest absolute Gasteiger partial charge is 0.318 e. The smallest absolute Gasteiger partial charge is 0.285 e. The van der Waals surface area contributed by atoms with Crippen molar-refractivity contribution in [2.75, 3.05) is 0 Å². The fourth-order valence-electron chi connectivity index (χ4n) is 3.86. The van der Waals surface area contributed by atoms with Crippen molar-refractivity contribution in [3.63, 3.8) is 0 Å². The summed E-state index contributed by atoms with van der Waals surface area (Å²) in [6.45, 7) is 0. The van der Waals surface area contributed by atoms with E-state index >= 15 is 0 Å². The van der Waals surface area contributed by atoms with Gasteiger partial charge < -0.3 is 4.57 Å². The fourth-order valence-corrected chi connectivity index (χ4v) is 6.36. The summed E-state index contributed by atoms with van der Waals surface area (Å²) >= 11 is 7.28. The van der Waals surface area contributed by atoms with Crippen LogP contribution in [0.3, 0.4) is 0 Å². The van der Waals surface area contributed by atoms with Crippen LogP contribution in [0.2, 0.25) is 5.02 Å². The molecule has 0 aliphatic rings. The quantitative estimate of drug-likeness (QED) is 0.252. The zero-order valence-corrected chi connectivity index (χ0v) is 21.2. The Morgan fingerprint density at radius 2 is 1.20 bits per heavy atom. The van der Waals surface area contributed by atoms with Crippen molar-refractivity contribution in [1.82, 2.24) is 4.57 Å². The number of hydrogen-bond donors (Lipinski definition) is 0. The molecule has 0 spiro atoms. The maximum atomic E-state index is 13.0. The molecule has 0 saturated carbocycles. The summed E-state index contributed by atoms with van der Waals surface area (Å²) in [7, 11) is -2.06. The Hall–Kier alpha value is -3.45. The Kier molecular flexibility index (Phi) is 6.43. The summed E-state index contributed by atoms with van der Waals surface area (Å²) < 4.78 is 32.1. The lowest BCUT2D eigenvalue weighted by atomic mass is 10.0. The molecule has 0 aliphatic heterocycles. The van der Waals surface area contributed by atoms with Gasteiger partial charge in [-0.3, -0.25) is 0 Å². The molecular weight excluding hydrogens is 496 g/mol. The molecule has 4 nitrogen and oxygen atoms in total. The minimum Gasteiger partial charge on any atom is -0.318 e. The average Bonchev–Trinajstić information content (AvgIpc) is 3.20. The Morgan fingerprint density at radius 3 is 1.80 bits per heavy atom. The molecule has 1 heterocycles. The van der Waals surface area contributed by atoms with E-state index in [1.807, 2.05) is 60.1 Å². The highest BCUT2D eigenvalue weighted by molar-refractivity contribution is 7.90. The highest BCUT2D eigenvalue weighted by Gasteiger charge is 2.18. The second kappa shape index (κ2) is 9.66. The lowest BCUT2D eigenvalue weighted by Crippen LogP contribution is -2.14. The number of nitrogens with zero attached hydrogens (tertiary/aromatic N) is 2. The molecule has 1 aromatic heterocycles. The van der Waals surface area contributed by atoms with E-state index in [0.717, 1.165) is 32.8 Å². The van der Waals surface area contributed by atoms with Gasteiger partial charge in [0.2, 0.25) is 4.80 Å². The van der Waals surface area contributed by atoms with Crippen molar-refractivity contribution in [3.05, 3.63) is 119 Å². The summed E-state index contributed by atoms with van der Waals surface area (Å²) in [6.07, 6.45) is 0. The van der Waals surface area contributed by atoms with E-state index in [9.17, 15) is 8.42 Å². The van der Waals surface area contributed by atoms with E-state index in [0.29, 0.717) is 9.82 Å². The van der Waals surface area contributed by atoms with Gasteiger partial charge in [-0.25, -0.2) is 0 Å². The van der Waals surface area contributed by atoms with Crippen LogP contribution in [0.4, 0.5) is 0 Å². The van der Waals surface area contributed by atoms with Gasteiger partial charge in [-0.05, 0) is 46.5 Å². The molecule has 174 valence electrons. The lowest BCUT2D eigenvalue weighted by Gasteiger charge is -2.09. The van der Waals surface area contributed by atoms with Gasteiger partial charge >= 0.3 is 0 Å². The SMILES string of the molecule is Cn1c(-c2ccc(-c3ccccc3)cc2)c(-c2ccccc2)sc1=NS(=O)(=O)c1ccc(Cl)cc1. The van der Waals surface area contributed by atoms with Gasteiger partial charge in [-0.2, -0.15) is 8.42 Å². The average molecular weight is 517 g/mol. The number of sulfonamides is 1. The first-order chi connectivity index (χ1) is 16.9. The van der Waals surface area contributed by atoms with Crippen molar-refractivity contribution in [1.29, 1.82) is 0 Å². The van der Waals surface area contributed by atoms with Crippen LogP contribution in [0.1, 0.15) is 0 Å². The number of aromatic nitrogens is 1.